The van der Waals surface area contributed by atoms with Crippen LogP contribution in [0.2, 0.25) is 5.02 Å². The molecule has 0 aliphatic heterocycles. The number of halogens is 1. The van der Waals surface area contributed by atoms with Gasteiger partial charge in [-0.3, -0.25) is 0 Å². The van der Waals surface area contributed by atoms with E-state index < -0.39 is 0 Å². The third kappa shape index (κ3) is 4.14. The number of hydrogen-bond acceptors (Lipinski definition) is 4. The lowest BCUT2D eigenvalue weighted by Gasteiger charge is -2.05. The number of carbonyl (C=O) groups excluding carboxylic acids is 1. The van der Waals surface area contributed by atoms with Crippen molar-refractivity contribution in [2.45, 2.75) is 20.0 Å². The lowest BCUT2D eigenvalue weighted by Crippen LogP contribution is -2.34. The van der Waals surface area contributed by atoms with Crippen LogP contribution in [-0.4, -0.2) is 11.0 Å². The van der Waals surface area contributed by atoms with Gasteiger partial charge < -0.3 is 10.6 Å². The van der Waals surface area contributed by atoms with E-state index in [1.54, 1.807) is 22.7 Å². The summed E-state index contributed by atoms with van der Waals surface area (Å²) in [6.45, 7) is 2.93. The zero-order valence-corrected chi connectivity index (χ0v) is 15.4. The van der Waals surface area contributed by atoms with Gasteiger partial charge in [0.25, 0.3) is 0 Å². The summed E-state index contributed by atoms with van der Waals surface area (Å²) in [7, 11) is 0. The average molecular weight is 378 g/mol. The Morgan fingerprint density at radius 1 is 1.17 bits per heavy atom. The molecule has 0 spiro atoms. The maximum Gasteiger partial charge on any atom is 0.315 e. The predicted octanol–water partition coefficient (Wildman–Crippen LogP) is 4.83. The van der Waals surface area contributed by atoms with Crippen molar-refractivity contribution in [3.63, 3.8) is 0 Å². The summed E-state index contributed by atoms with van der Waals surface area (Å²) in [5, 5.41) is 9.26. The molecular formula is C17H16ClN3OS2. The van der Waals surface area contributed by atoms with Crippen LogP contribution in [0, 0.1) is 6.92 Å². The van der Waals surface area contributed by atoms with Crippen molar-refractivity contribution in [2.75, 3.05) is 0 Å². The van der Waals surface area contributed by atoms with Crippen LogP contribution in [0.25, 0.3) is 10.6 Å². The van der Waals surface area contributed by atoms with Gasteiger partial charge in [-0.1, -0.05) is 35.9 Å². The fraction of sp³-hybridized carbons (Fsp3) is 0.176. The monoisotopic (exact) mass is 377 g/mol. The highest BCUT2D eigenvalue weighted by atomic mass is 35.5. The average Bonchev–Trinajstić information content (AvgIpc) is 3.21. The van der Waals surface area contributed by atoms with E-state index in [0.29, 0.717) is 18.1 Å². The fourth-order valence-electron chi connectivity index (χ4n) is 2.15. The first-order valence-corrected chi connectivity index (χ1v) is 9.46. The summed E-state index contributed by atoms with van der Waals surface area (Å²) < 4.78 is 0. The number of thiophene rings is 1. The first kappa shape index (κ1) is 17.0. The Bertz CT molecular complexity index is 830. The van der Waals surface area contributed by atoms with Crippen molar-refractivity contribution >= 4 is 40.3 Å². The summed E-state index contributed by atoms with van der Waals surface area (Å²) in [4.78, 5) is 18.6. The predicted molar refractivity (Wildman–Crippen MR) is 101 cm³/mol. The van der Waals surface area contributed by atoms with Crippen LogP contribution in [0.3, 0.4) is 0 Å². The van der Waals surface area contributed by atoms with Crippen LogP contribution >= 0.6 is 34.3 Å². The topological polar surface area (TPSA) is 54.0 Å². The number of aromatic nitrogens is 1. The van der Waals surface area contributed by atoms with Gasteiger partial charge in [-0.25, -0.2) is 9.78 Å². The summed E-state index contributed by atoms with van der Waals surface area (Å²) in [5.41, 5.74) is 1.83. The molecule has 0 radical (unpaired) electrons. The highest BCUT2D eigenvalue weighted by Crippen LogP contribution is 2.32. The van der Waals surface area contributed by atoms with Crippen LogP contribution in [0.15, 0.2) is 41.8 Å². The van der Waals surface area contributed by atoms with Gasteiger partial charge in [0.15, 0.2) is 0 Å². The van der Waals surface area contributed by atoms with E-state index in [-0.39, 0.29) is 6.03 Å². The Kier molecular flexibility index (Phi) is 5.50. The van der Waals surface area contributed by atoms with Crippen molar-refractivity contribution in [1.82, 2.24) is 15.6 Å². The Hall–Kier alpha value is -1.89. The molecular weight excluding hydrogens is 362 g/mol. The number of nitrogens with zero attached hydrogens (tertiary/aromatic N) is 1. The third-order valence-corrected chi connectivity index (χ3v) is 5.81. The second-order valence-electron chi connectivity index (χ2n) is 5.12. The summed E-state index contributed by atoms with van der Waals surface area (Å²) >= 11 is 9.40. The highest BCUT2D eigenvalue weighted by molar-refractivity contribution is 7.15. The number of aryl methyl sites for hydroxylation is 1. The molecule has 0 unspecified atom stereocenters. The SMILES string of the molecule is Cc1nc(-c2ccccc2Cl)sc1CNC(=O)NCc1cccs1. The smallest absolute Gasteiger partial charge is 0.315 e. The molecule has 3 aromatic rings. The van der Waals surface area contributed by atoms with E-state index in [1.165, 1.54) is 0 Å². The van der Waals surface area contributed by atoms with Gasteiger partial charge in [0.05, 0.1) is 23.8 Å². The standard InChI is InChI=1S/C17H16ClN3OS2/c1-11-15(10-20-17(22)19-9-12-5-4-8-23-12)24-16(21-11)13-6-2-3-7-14(13)18/h2-8H,9-10H2,1H3,(H2,19,20,22). The number of carbonyl (C=O) groups is 1. The molecule has 2 amide bonds. The van der Waals surface area contributed by atoms with E-state index in [4.69, 9.17) is 11.6 Å². The largest absolute Gasteiger partial charge is 0.333 e. The van der Waals surface area contributed by atoms with E-state index in [2.05, 4.69) is 15.6 Å². The first-order chi connectivity index (χ1) is 11.6. The van der Waals surface area contributed by atoms with Gasteiger partial charge >= 0.3 is 6.03 Å². The zero-order valence-electron chi connectivity index (χ0n) is 13.0. The van der Waals surface area contributed by atoms with Crippen LogP contribution in [-0.2, 0) is 13.1 Å². The van der Waals surface area contributed by atoms with Crippen LogP contribution in [0.4, 0.5) is 4.79 Å². The molecule has 0 saturated carbocycles. The second kappa shape index (κ2) is 7.79. The molecule has 0 fully saturated rings. The third-order valence-electron chi connectivity index (χ3n) is 3.41. The number of benzene rings is 1. The van der Waals surface area contributed by atoms with Crippen LogP contribution in [0.1, 0.15) is 15.4 Å². The fourth-order valence-corrected chi connectivity index (χ4v) is 4.11. The molecule has 2 N–H and O–H groups in total. The lowest BCUT2D eigenvalue weighted by molar-refractivity contribution is 0.240. The second-order valence-corrected chi connectivity index (χ2v) is 7.65. The number of hydrogen-bond donors (Lipinski definition) is 2. The number of rotatable bonds is 5. The van der Waals surface area contributed by atoms with E-state index in [0.717, 1.165) is 26.0 Å². The van der Waals surface area contributed by atoms with E-state index in [9.17, 15) is 4.79 Å². The molecule has 24 heavy (non-hydrogen) atoms. The van der Waals surface area contributed by atoms with Crippen LogP contribution < -0.4 is 10.6 Å². The molecule has 3 rings (SSSR count). The Balaban J connectivity index is 1.59. The molecule has 0 aliphatic rings. The minimum Gasteiger partial charge on any atom is -0.333 e. The molecule has 2 heterocycles. The molecule has 0 saturated heterocycles. The van der Waals surface area contributed by atoms with Gasteiger partial charge in [-0.15, -0.1) is 22.7 Å². The molecule has 2 aromatic heterocycles. The quantitative estimate of drug-likeness (QED) is 0.668. The normalized spacial score (nSPS) is 10.6. The Morgan fingerprint density at radius 3 is 2.71 bits per heavy atom. The number of thiazole rings is 1. The summed E-state index contributed by atoms with van der Waals surface area (Å²) in [5.74, 6) is 0. The lowest BCUT2D eigenvalue weighted by atomic mass is 10.2. The molecule has 0 atom stereocenters. The number of nitrogens with one attached hydrogen (secondary N) is 2. The molecule has 124 valence electrons. The van der Waals surface area contributed by atoms with Gasteiger partial charge in [0.2, 0.25) is 0 Å². The minimum atomic E-state index is -0.185. The van der Waals surface area contributed by atoms with Crippen molar-refractivity contribution in [2.24, 2.45) is 0 Å². The van der Waals surface area contributed by atoms with Gasteiger partial charge in [0.1, 0.15) is 5.01 Å². The van der Waals surface area contributed by atoms with E-state index in [1.807, 2.05) is 48.7 Å². The summed E-state index contributed by atoms with van der Waals surface area (Å²) in [6, 6.07) is 11.4. The van der Waals surface area contributed by atoms with E-state index >= 15 is 0 Å². The Labute approximate surface area is 153 Å². The van der Waals surface area contributed by atoms with Crippen molar-refractivity contribution in [1.29, 1.82) is 0 Å². The van der Waals surface area contributed by atoms with Gasteiger partial charge in [0, 0.05) is 15.3 Å². The van der Waals surface area contributed by atoms with Crippen molar-refractivity contribution in [3.8, 4) is 10.6 Å². The molecule has 4 nitrogen and oxygen atoms in total. The maximum absolute atomic E-state index is 11.9. The minimum absolute atomic E-state index is 0.185. The van der Waals surface area contributed by atoms with Crippen LogP contribution in [0.5, 0.6) is 0 Å². The molecule has 0 bridgehead atoms. The highest BCUT2D eigenvalue weighted by Gasteiger charge is 2.12. The molecule has 1 aromatic carbocycles. The number of amides is 2. The summed E-state index contributed by atoms with van der Waals surface area (Å²) in [6.07, 6.45) is 0. The van der Waals surface area contributed by atoms with Gasteiger partial charge in [-0.2, -0.15) is 0 Å². The maximum atomic E-state index is 11.9. The Morgan fingerprint density at radius 2 is 1.96 bits per heavy atom. The first-order valence-electron chi connectivity index (χ1n) is 7.39. The molecule has 0 aliphatic carbocycles. The van der Waals surface area contributed by atoms with Crippen molar-refractivity contribution in [3.05, 3.63) is 62.2 Å². The van der Waals surface area contributed by atoms with Gasteiger partial charge in [-0.05, 0) is 24.4 Å². The molecule has 7 heteroatoms. The number of urea groups is 1. The zero-order chi connectivity index (χ0) is 16.9. The van der Waals surface area contributed by atoms with Crippen molar-refractivity contribution < 1.29 is 4.79 Å².